The summed E-state index contributed by atoms with van der Waals surface area (Å²) in [5, 5.41) is 0. The third-order valence-corrected chi connectivity index (χ3v) is 7.13. The van der Waals surface area contributed by atoms with Gasteiger partial charge in [0.1, 0.15) is 0 Å². The first-order valence-electron chi connectivity index (χ1n) is 9.16. The average Bonchev–Trinajstić information content (AvgIpc) is 3.39. The van der Waals surface area contributed by atoms with Crippen LogP contribution in [-0.2, 0) is 23.8 Å². The summed E-state index contributed by atoms with van der Waals surface area (Å²) in [5.74, 6) is 0.229. The lowest BCUT2D eigenvalue weighted by Gasteiger charge is -2.34. The Kier molecular flexibility index (Phi) is 2.61. The van der Waals surface area contributed by atoms with Gasteiger partial charge < -0.3 is 14.2 Å². The molecular weight excluding hydrogens is 310 g/mol. The standard InChI is InChI=1S/C18H21NO5/c20-15-13-12-3-4-18(24-12,17-22-5-6-23-17)14(13)16(21)19(15)11-8-9-1-2-10(11)7-9/h3-4,9-14,17H,1-2,5-8H2/t9-,10-,11-,12+,13+,14-,18+/m0/s1. The van der Waals surface area contributed by atoms with Gasteiger partial charge in [0.05, 0.1) is 31.2 Å². The molecule has 5 fully saturated rings. The number of nitrogens with zero attached hydrogens (tertiary/aromatic N) is 1. The van der Waals surface area contributed by atoms with Gasteiger partial charge in [-0.3, -0.25) is 14.5 Å². The van der Waals surface area contributed by atoms with Gasteiger partial charge in [-0.15, -0.1) is 0 Å². The molecule has 6 nitrogen and oxygen atoms in total. The Morgan fingerprint density at radius 1 is 1.08 bits per heavy atom. The minimum atomic E-state index is -0.912. The van der Waals surface area contributed by atoms with Crippen molar-refractivity contribution >= 4 is 11.8 Å². The molecule has 128 valence electrons. The predicted molar refractivity (Wildman–Crippen MR) is 80.5 cm³/mol. The molecule has 4 heterocycles. The van der Waals surface area contributed by atoms with Crippen molar-refractivity contribution in [1.29, 1.82) is 0 Å². The Morgan fingerprint density at radius 2 is 1.92 bits per heavy atom. The van der Waals surface area contributed by atoms with Crippen molar-refractivity contribution in [3.63, 3.8) is 0 Å². The van der Waals surface area contributed by atoms with Crippen LogP contribution in [0.1, 0.15) is 25.7 Å². The van der Waals surface area contributed by atoms with Crippen LogP contribution in [0.2, 0.25) is 0 Å². The third-order valence-electron chi connectivity index (χ3n) is 7.13. The van der Waals surface area contributed by atoms with E-state index in [0.29, 0.717) is 25.0 Å². The lowest BCUT2D eigenvalue weighted by Crippen LogP contribution is -2.51. The van der Waals surface area contributed by atoms with Crippen LogP contribution in [-0.4, -0.2) is 54.0 Å². The Bertz CT molecular complexity index is 656. The minimum Gasteiger partial charge on any atom is -0.357 e. The number of fused-ring (bicyclic) bond motifs is 7. The summed E-state index contributed by atoms with van der Waals surface area (Å²) in [7, 11) is 0. The lowest BCUT2D eigenvalue weighted by molar-refractivity contribution is -0.184. The highest BCUT2D eigenvalue weighted by molar-refractivity contribution is 6.07. The summed E-state index contributed by atoms with van der Waals surface area (Å²) < 4.78 is 17.5. The first kappa shape index (κ1) is 14.0. The molecule has 6 heteroatoms. The highest BCUT2D eigenvalue weighted by Gasteiger charge is 2.72. The fraction of sp³-hybridized carbons (Fsp3) is 0.778. The van der Waals surface area contributed by atoms with Crippen LogP contribution >= 0.6 is 0 Å². The number of amides is 2. The second kappa shape index (κ2) is 4.48. The summed E-state index contributed by atoms with van der Waals surface area (Å²) in [6, 6.07) is 0.108. The summed E-state index contributed by atoms with van der Waals surface area (Å²) >= 11 is 0. The van der Waals surface area contributed by atoms with Gasteiger partial charge in [0.25, 0.3) is 0 Å². The summed E-state index contributed by atoms with van der Waals surface area (Å²) in [6.45, 7) is 1.01. The maximum absolute atomic E-state index is 13.3. The van der Waals surface area contributed by atoms with E-state index in [9.17, 15) is 9.59 Å². The van der Waals surface area contributed by atoms with E-state index in [4.69, 9.17) is 14.2 Å². The van der Waals surface area contributed by atoms with Crippen LogP contribution in [0.15, 0.2) is 12.2 Å². The zero-order valence-electron chi connectivity index (χ0n) is 13.4. The van der Waals surface area contributed by atoms with Crippen molar-refractivity contribution in [1.82, 2.24) is 4.90 Å². The van der Waals surface area contributed by atoms with Gasteiger partial charge >= 0.3 is 0 Å². The zero-order valence-corrected chi connectivity index (χ0v) is 13.4. The zero-order chi connectivity index (χ0) is 16.1. The van der Waals surface area contributed by atoms with E-state index in [2.05, 4.69) is 0 Å². The molecule has 0 radical (unpaired) electrons. The number of ether oxygens (including phenoxy) is 3. The van der Waals surface area contributed by atoms with Crippen molar-refractivity contribution in [3.8, 4) is 0 Å². The number of carbonyl (C=O) groups is 2. The molecule has 2 saturated carbocycles. The van der Waals surface area contributed by atoms with Crippen LogP contribution in [0, 0.1) is 23.7 Å². The van der Waals surface area contributed by atoms with Crippen molar-refractivity contribution in [2.45, 2.75) is 49.7 Å². The molecule has 0 aromatic rings. The fourth-order valence-electron chi connectivity index (χ4n) is 6.20. The Labute approximate surface area is 140 Å². The number of rotatable bonds is 2. The SMILES string of the molecule is O=C1[C@H]2[C@@H](C(=O)N1[C@H]1C[C@H]3CC[C@H]1C3)[C@@]1(C3OCCO3)C=C[C@H]2O1. The quantitative estimate of drug-likeness (QED) is 0.555. The van der Waals surface area contributed by atoms with Crippen LogP contribution in [0.5, 0.6) is 0 Å². The molecular formula is C18H21NO5. The first-order chi connectivity index (χ1) is 11.7. The molecule has 24 heavy (non-hydrogen) atoms. The number of likely N-dealkylation sites (tertiary alicyclic amines) is 1. The Morgan fingerprint density at radius 3 is 2.62 bits per heavy atom. The molecule has 0 aromatic heterocycles. The smallest absolute Gasteiger partial charge is 0.236 e. The van der Waals surface area contributed by atoms with E-state index in [1.165, 1.54) is 12.8 Å². The van der Waals surface area contributed by atoms with Crippen molar-refractivity contribution in [2.24, 2.45) is 23.7 Å². The molecule has 6 rings (SSSR count). The van der Waals surface area contributed by atoms with E-state index < -0.39 is 23.7 Å². The molecule has 0 N–H and O–H groups in total. The normalized spacial score (nSPS) is 52.2. The molecule has 2 aliphatic carbocycles. The van der Waals surface area contributed by atoms with Gasteiger partial charge in [0, 0.05) is 6.04 Å². The maximum Gasteiger partial charge on any atom is 0.236 e. The Balaban J connectivity index is 1.37. The lowest BCUT2D eigenvalue weighted by atomic mass is 9.76. The highest BCUT2D eigenvalue weighted by Crippen LogP contribution is 2.57. The molecule has 6 aliphatic rings. The Hall–Kier alpha value is -1.24. The van der Waals surface area contributed by atoms with Crippen LogP contribution in [0.25, 0.3) is 0 Å². The highest BCUT2D eigenvalue weighted by atomic mass is 16.7. The van der Waals surface area contributed by atoms with Gasteiger partial charge in [-0.1, -0.05) is 12.5 Å². The van der Waals surface area contributed by atoms with Crippen LogP contribution in [0.3, 0.4) is 0 Å². The predicted octanol–water partition coefficient (Wildman–Crippen LogP) is 0.856. The number of carbonyl (C=O) groups excluding carboxylic acids is 2. The fourth-order valence-corrected chi connectivity index (χ4v) is 6.20. The van der Waals surface area contributed by atoms with E-state index in [-0.39, 0.29) is 24.0 Å². The van der Waals surface area contributed by atoms with E-state index in [1.54, 1.807) is 4.90 Å². The average molecular weight is 331 g/mol. The number of imide groups is 1. The molecule has 0 unspecified atom stereocenters. The minimum absolute atomic E-state index is 0.0308. The van der Waals surface area contributed by atoms with Gasteiger partial charge in [0.15, 0.2) is 11.9 Å². The molecule has 0 spiro atoms. The molecule has 3 saturated heterocycles. The molecule has 7 atom stereocenters. The van der Waals surface area contributed by atoms with Crippen LogP contribution < -0.4 is 0 Å². The second-order valence-electron chi connectivity index (χ2n) is 8.16. The maximum atomic E-state index is 13.3. The summed E-state index contributed by atoms with van der Waals surface area (Å²) in [4.78, 5) is 28.0. The van der Waals surface area contributed by atoms with Crippen molar-refractivity contribution < 1.29 is 23.8 Å². The number of hydrogen-bond acceptors (Lipinski definition) is 5. The van der Waals surface area contributed by atoms with Gasteiger partial charge in [-0.25, -0.2) is 0 Å². The van der Waals surface area contributed by atoms with Crippen molar-refractivity contribution in [3.05, 3.63) is 12.2 Å². The molecule has 4 aliphatic heterocycles. The third kappa shape index (κ3) is 1.49. The molecule has 2 amide bonds. The van der Waals surface area contributed by atoms with Gasteiger partial charge in [-0.2, -0.15) is 0 Å². The van der Waals surface area contributed by atoms with E-state index in [1.807, 2.05) is 12.2 Å². The van der Waals surface area contributed by atoms with Crippen LogP contribution in [0.4, 0.5) is 0 Å². The van der Waals surface area contributed by atoms with Gasteiger partial charge in [-0.05, 0) is 37.2 Å². The largest absolute Gasteiger partial charge is 0.357 e. The second-order valence-corrected chi connectivity index (χ2v) is 8.16. The summed E-state index contributed by atoms with van der Waals surface area (Å²) in [6.07, 6.45) is 7.50. The number of hydrogen-bond donors (Lipinski definition) is 0. The van der Waals surface area contributed by atoms with E-state index >= 15 is 0 Å². The van der Waals surface area contributed by atoms with E-state index in [0.717, 1.165) is 12.8 Å². The first-order valence-corrected chi connectivity index (χ1v) is 9.16. The monoisotopic (exact) mass is 331 g/mol. The molecule has 0 aromatic carbocycles. The summed E-state index contributed by atoms with van der Waals surface area (Å²) in [5.41, 5.74) is -0.912. The van der Waals surface area contributed by atoms with Crippen molar-refractivity contribution in [2.75, 3.05) is 13.2 Å². The van der Waals surface area contributed by atoms with Gasteiger partial charge in [0.2, 0.25) is 11.8 Å². The molecule has 4 bridgehead atoms. The topological polar surface area (TPSA) is 65.1 Å².